The molecule has 1 aromatic carbocycles. The number of nitrogens with one attached hydrogen (secondary N) is 1. The average Bonchev–Trinajstić information content (AvgIpc) is 3.40. The molecule has 4 heterocycles. The number of benzene rings is 1. The first-order valence-corrected chi connectivity index (χ1v) is 10.4. The molecule has 0 radical (unpaired) electrons. The van der Waals surface area contributed by atoms with Gasteiger partial charge in [0.1, 0.15) is 5.82 Å². The van der Waals surface area contributed by atoms with Gasteiger partial charge in [0, 0.05) is 37.0 Å². The highest BCUT2D eigenvalue weighted by atomic mass is 32.1. The maximum Gasteiger partial charge on any atom is 0.170 e. The Hall–Kier alpha value is -3.58. The van der Waals surface area contributed by atoms with Crippen molar-refractivity contribution in [3.05, 3.63) is 114 Å². The molecule has 0 bridgehead atoms. The molecule has 1 fully saturated rings. The van der Waals surface area contributed by atoms with Gasteiger partial charge in [-0.25, -0.2) is 4.39 Å². The molecule has 7 heteroatoms. The minimum Gasteiger partial charge on any atom is -0.352 e. The van der Waals surface area contributed by atoms with Gasteiger partial charge >= 0.3 is 0 Å². The molecule has 31 heavy (non-hydrogen) atoms. The number of hydrogen-bond acceptors (Lipinski definition) is 3. The van der Waals surface area contributed by atoms with Crippen molar-refractivity contribution < 1.29 is 4.39 Å². The zero-order valence-corrected chi connectivity index (χ0v) is 17.4. The summed E-state index contributed by atoms with van der Waals surface area (Å²) < 4.78 is 16.6. The Morgan fingerprint density at radius 2 is 1.84 bits per heavy atom. The highest BCUT2D eigenvalue weighted by molar-refractivity contribution is 7.80. The SMILES string of the molecule is Fc1ccccc1-n1cccc1C1C(c2ccccn2)NC(=S)N1Cc1cccnc1. The first-order chi connectivity index (χ1) is 15.2. The van der Waals surface area contributed by atoms with E-state index in [4.69, 9.17) is 12.2 Å². The van der Waals surface area contributed by atoms with Crippen LogP contribution in [0.1, 0.15) is 29.0 Å². The van der Waals surface area contributed by atoms with Gasteiger partial charge in [0.2, 0.25) is 0 Å². The van der Waals surface area contributed by atoms with E-state index in [-0.39, 0.29) is 17.9 Å². The van der Waals surface area contributed by atoms with Crippen LogP contribution < -0.4 is 5.32 Å². The van der Waals surface area contributed by atoms with Crippen LogP contribution in [0.15, 0.2) is 91.5 Å². The number of rotatable bonds is 5. The van der Waals surface area contributed by atoms with Crippen LogP contribution in [0.3, 0.4) is 0 Å². The normalized spacial score (nSPS) is 18.2. The lowest BCUT2D eigenvalue weighted by atomic mass is 10.0. The Labute approximate surface area is 185 Å². The lowest BCUT2D eigenvalue weighted by molar-refractivity contribution is 0.301. The molecule has 5 rings (SSSR count). The Balaban J connectivity index is 1.62. The summed E-state index contributed by atoms with van der Waals surface area (Å²) in [5, 5.41) is 4.07. The summed E-state index contributed by atoms with van der Waals surface area (Å²) in [6.45, 7) is 0.579. The van der Waals surface area contributed by atoms with Gasteiger partial charge in [-0.1, -0.05) is 24.3 Å². The molecular weight excluding hydrogens is 409 g/mol. The van der Waals surface area contributed by atoms with E-state index < -0.39 is 0 Å². The van der Waals surface area contributed by atoms with Gasteiger partial charge in [-0.2, -0.15) is 0 Å². The van der Waals surface area contributed by atoms with Crippen molar-refractivity contribution in [3.8, 4) is 5.69 Å². The van der Waals surface area contributed by atoms with Gasteiger partial charge in [-0.05, 0) is 60.2 Å². The molecular formula is C24H20FN5S. The summed E-state index contributed by atoms with van der Waals surface area (Å²) >= 11 is 5.74. The van der Waals surface area contributed by atoms with Crippen molar-refractivity contribution in [2.45, 2.75) is 18.6 Å². The molecule has 4 aromatic rings. The Kier molecular flexibility index (Phi) is 5.18. The molecule has 1 aliphatic heterocycles. The maximum atomic E-state index is 14.7. The number of para-hydroxylation sites is 1. The summed E-state index contributed by atoms with van der Waals surface area (Å²) in [6, 6.07) is 20.1. The third-order valence-corrected chi connectivity index (χ3v) is 5.82. The molecule has 2 unspecified atom stereocenters. The Bertz CT molecular complexity index is 1190. The first-order valence-electron chi connectivity index (χ1n) is 10.0. The maximum absolute atomic E-state index is 14.7. The lowest BCUT2D eigenvalue weighted by Crippen LogP contribution is -2.30. The molecule has 0 amide bonds. The smallest absolute Gasteiger partial charge is 0.170 e. The van der Waals surface area contributed by atoms with Crippen LogP contribution in [0.2, 0.25) is 0 Å². The average molecular weight is 430 g/mol. The molecule has 1 aliphatic rings. The largest absolute Gasteiger partial charge is 0.352 e. The van der Waals surface area contributed by atoms with E-state index in [0.717, 1.165) is 17.0 Å². The van der Waals surface area contributed by atoms with Crippen LogP contribution in [0.25, 0.3) is 5.69 Å². The molecule has 1 saturated heterocycles. The van der Waals surface area contributed by atoms with Crippen LogP contribution in [0.4, 0.5) is 4.39 Å². The summed E-state index contributed by atoms with van der Waals surface area (Å²) in [4.78, 5) is 10.9. The topological polar surface area (TPSA) is 46.0 Å². The van der Waals surface area contributed by atoms with E-state index in [1.165, 1.54) is 6.07 Å². The number of halogens is 1. The molecule has 5 nitrogen and oxygen atoms in total. The van der Waals surface area contributed by atoms with Gasteiger partial charge < -0.3 is 14.8 Å². The third-order valence-electron chi connectivity index (χ3n) is 5.47. The van der Waals surface area contributed by atoms with Crippen molar-refractivity contribution in [1.82, 2.24) is 24.8 Å². The van der Waals surface area contributed by atoms with Gasteiger partial charge in [-0.3, -0.25) is 9.97 Å². The Morgan fingerprint density at radius 1 is 0.968 bits per heavy atom. The molecule has 1 N–H and O–H groups in total. The van der Waals surface area contributed by atoms with Crippen LogP contribution in [-0.2, 0) is 6.54 Å². The molecule has 2 atom stereocenters. The fourth-order valence-corrected chi connectivity index (χ4v) is 4.39. The van der Waals surface area contributed by atoms with E-state index in [1.807, 2.05) is 65.5 Å². The number of hydrogen-bond donors (Lipinski definition) is 1. The monoisotopic (exact) mass is 429 g/mol. The van der Waals surface area contributed by atoms with Crippen molar-refractivity contribution >= 4 is 17.3 Å². The van der Waals surface area contributed by atoms with E-state index >= 15 is 0 Å². The fourth-order valence-electron chi connectivity index (χ4n) is 4.09. The van der Waals surface area contributed by atoms with Gasteiger partial charge in [0.25, 0.3) is 0 Å². The highest BCUT2D eigenvalue weighted by Gasteiger charge is 2.41. The zero-order chi connectivity index (χ0) is 21.2. The van der Waals surface area contributed by atoms with Crippen LogP contribution in [0, 0.1) is 5.82 Å². The second kappa shape index (κ2) is 8.28. The van der Waals surface area contributed by atoms with Gasteiger partial charge in [-0.15, -0.1) is 0 Å². The van der Waals surface area contributed by atoms with Crippen LogP contribution in [0.5, 0.6) is 0 Å². The van der Waals surface area contributed by atoms with E-state index in [9.17, 15) is 4.39 Å². The second-order valence-corrected chi connectivity index (χ2v) is 7.76. The molecule has 154 valence electrons. The zero-order valence-electron chi connectivity index (χ0n) is 16.6. The third kappa shape index (κ3) is 3.68. The minimum atomic E-state index is -0.276. The van der Waals surface area contributed by atoms with Gasteiger partial charge in [0.15, 0.2) is 5.11 Å². The lowest BCUT2D eigenvalue weighted by Gasteiger charge is -2.29. The second-order valence-electron chi connectivity index (χ2n) is 7.37. The fraction of sp³-hybridized carbons (Fsp3) is 0.125. The van der Waals surface area contributed by atoms with Crippen molar-refractivity contribution in [1.29, 1.82) is 0 Å². The first kappa shape index (κ1) is 19.4. The minimum absolute atomic E-state index is 0.175. The summed E-state index contributed by atoms with van der Waals surface area (Å²) in [6.07, 6.45) is 7.24. The number of thiocarbonyl (C=S) groups is 1. The van der Waals surface area contributed by atoms with E-state index in [0.29, 0.717) is 17.3 Å². The molecule has 0 saturated carbocycles. The predicted octanol–water partition coefficient (Wildman–Crippen LogP) is 4.58. The van der Waals surface area contributed by atoms with Crippen molar-refractivity contribution in [3.63, 3.8) is 0 Å². The number of aromatic nitrogens is 3. The predicted molar refractivity (Wildman–Crippen MR) is 121 cm³/mol. The number of nitrogens with zero attached hydrogens (tertiary/aromatic N) is 4. The van der Waals surface area contributed by atoms with Gasteiger partial charge in [0.05, 0.1) is 23.5 Å². The molecule has 0 aliphatic carbocycles. The van der Waals surface area contributed by atoms with Crippen LogP contribution >= 0.6 is 12.2 Å². The van der Waals surface area contributed by atoms with Crippen LogP contribution in [-0.4, -0.2) is 24.5 Å². The number of pyridine rings is 2. The highest BCUT2D eigenvalue weighted by Crippen LogP contribution is 2.40. The standard InChI is InChI=1S/C24H20FN5S/c25-18-8-1-2-10-20(18)29-14-6-11-21(29)23-22(19-9-3-4-13-27-19)28-24(31)30(23)16-17-7-5-12-26-15-17/h1-15,22-23H,16H2,(H,28,31). The van der Waals surface area contributed by atoms with Crippen molar-refractivity contribution in [2.75, 3.05) is 0 Å². The van der Waals surface area contributed by atoms with E-state index in [1.54, 1.807) is 24.5 Å². The summed E-state index contributed by atoms with van der Waals surface area (Å²) in [5.41, 5.74) is 3.35. The summed E-state index contributed by atoms with van der Waals surface area (Å²) in [5.74, 6) is -0.276. The summed E-state index contributed by atoms with van der Waals surface area (Å²) in [7, 11) is 0. The van der Waals surface area contributed by atoms with E-state index in [2.05, 4.69) is 20.2 Å². The molecule has 3 aromatic heterocycles. The molecule has 0 spiro atoms. The quantitative estimate of drug-likeness (QED) is 0.471. The van der Waals surface area contributed by atoms with Crippen molar-refractivity contribution in [2.24, 2.45) is 0 Å². The Morgan fingerprint density at radius 3 is 2.61 bits per heavy atom.